The van der Waals surface area contributed by atoms with E-state index >= 15 is 0 Å². The normalized spacial score (nSPS) is 19.2. The summed E-state index contributed by atoms with van der Waals surface area (Å²) in [6.07, 6.45) is 2.55. The molecule has 120 valence electrons. The van der Waals surface area contributed by atoms with Gasteiger partial charge < -0.3 is 16.2 Å². The van der Waals surface area contributed by atoms with Gasteiger partial charge in [0.15, 0.2) is 0 Å². The molecule has 1 aliphatic carbocycles. The van der Waals surface area contributed by atoms with Crippen LogP contribution in [0.4, 0.5) is 5.69 Å². The summed E-state index contributed by atoms with van der Waals surface area (Å²) in [6, 6.07) is 14.7. The molecule has 5 heteroatoms. The third kappa shape index (κ3) is 2.59. The van der Waals surface area contributed by atoms with Crippen LogP contribution in [0.3, 0.4) is 0 Å². The van der Waals surface area contributed by atoms with E-state index in [-0.39, 0.29) is 17.7 Å². The SMILES string of the molecule is NC1CC1c1ccc(NC(=O)c2ccnc3c(O)cccc23)cc1. The predicted octanol–water partition coefficient (Wildman–Crippen LogP) is 3.01. The number of carbonyl (C=O) groups is 1. The Balaban J connectivity index is 1.59. The van der Waals surface area contributed by atoms with E-state index in [4.69, 9.17) is 5.73 Å². The van der Waals surface area contributed by atoms with Crippen LogP contribution in [-0.4, -0.2) is 22.0 Å². The number of aromatic nitrogens is 1. The van der Waals surface area contributed by atoms with Crippen molar-refractivity contribution in [1.82, 2.24) is 4.98 Å². The summed E-state index contributed by atoms with van der Waals surface area (Å²) in [5.41, 5.74) is 8.69. The highest BCUT2D eigenvalue weighted by Gasteiger charge is 2.34. The van der Waals surface area contributed by atoms with Gasteiger partial charge in [0.2, 0.25) is 0 Å². The molecule has 2 aromatic carbocycles. The number of phenolic OH excluding ortho intramolecular Hbond substituents is 1. The first-order valence-corrected chi connectivity index (χ1v) is 7.87. The zero-order valence-electron chi connectivity index (χ0n) is 12.9. The minimum Gasteiger partial charge on any atom is -0.506 e. The van der Waals surface area contributed by atoms with Gasteiger partial charge in [-0.3, -0.25) is 9.78 Å². The molecule has 5 nitrogen and oxygen atoms in total. The number of fused-ring (bicyclic) bond motifs is 1. The van der Waals surface area contributed by atoms with Gasteiger partial charge in [-0.2, -0.15) is 0 Å². The summed E-state index contributed by atoms with van der Waals surface area (Å²) in [7, 11) is 0. The van der Waals surface area contributed by atoms with E-state index in [9.17, 15) is 9.90 Å². The molecule has 3 aromatic rings. The van der Waals surface area contributed by atoms with Gasteiger partial charge in [-0.25, -0.2) is 0 Å². The Morgan fingerprint density at radius 2 is 1.92 bits per heavy atom. The number of benzene rings is 2. The second-order valence-electron chi connectivity index (χ2n) is 6.11. The molecule has 0 bridgehead atoms. The second-order valence-corrected chi connectivity index (χ2v) is 6.11. The van der Waals surface area contributed by atoms with E-state index in [1.807, 2.05) is 24.3 Å². The molecule has 24 heavy (non-hydrogen) atoms. The summed E-state index contributed by atoms with van der Waals surface area (Å²) in [5.74, 6) is 0.276. The van der Waals surface area contributed by atoms with Gasteiger partial charge in [-0.05, 0) is 36.2 Å². The van der Waals surface area contributed by atoms with Crippen molar-refractivity contribution < 1.29 is 9.90 Å². The molecule has 0 saturated heterocycles. The fourth-order valence-electron chi connectivity index (χ4n) is 2.97. The van der Waals surface area contributed by atoms with Crippen LogP contribution in [-0.2, 0) is 0 Å². The third-order valence-electron chi connectivity index (χ3n) is 4.43. The van der Waals surface area contributed by atoms with Crippen LogP contribution in [0, 0.1) is 0 Å². The smallest absolute Gasteiger partial charge is 0.256 e. The van der Waals surface area contributed by atoms with E-state index < -0.39 is 0 Å². The number of rotatable bonds is 3. The van der Waals surface area contributed by atoms with Gasteiger partial charge in [0.1, 0.15) is 11.3 Å². The minimum absolute atomic E-state index is 0.0623. The maximum atomic E-state index is 12.6. The van der Waals surface area contributed by atoms with Crippen molar-refractivity contribution in [2.45, 2.75) is 18.4 Å². The van der Waals surface area contributed by atoms with Gasteiger partial charge >= 0.3 is 0 Å². The van der Waals surface area contributed by atoms with Gasteiger partial charge in [0.05, 0.1) is 5.56 Å². The molecule has 1 aliphatic rings. The number of phenols is 1. The van der Waals surface area contributed by atoms with Crippen LogP contribution in [0.25, 0.3) is 10.9 Å². The zero-order valence-corrected chi connectivity index (χ0v) is 12.9. The van der Waals surface area contributed by atoms with Crippen molar-refractivity contribution in [3.8, 4) is 5.75 Å². The lowest BCUT2D eigenvalue weighted by Gasteiger charge is -2.09. The second kappa shape index (κ2) is 5.62. The minimum atomic E-state index is -0.233. The van der Waals surface area contributed by atoms with Crippen molar-refractivity contribution in [3.63, 3.8) is 0 Å². The number of nitrogens with two attached hydrogens (primary N) is 1. The Hall–Kier alpha value is -2.92. The lowest BCUT2D eigenvalue weighted by molar-refractivity contribution is 0.102. The molecule has 2 atom stereocenters. The van der Waals surface area contributed by atoms with Crippen LogP contribution >= 0.6 is 0 Å². The molecule has 1 amide bonds. The molecular formula is C19H17N3O2. The molecule has 1 heterocycles. The van der Waals surface area contributed by atoms with Crippen LogP contribution in [0.1, 0.15) is 28.3 Å². The number of carbonyl (C=O) groups excluding carboxylic acids is 1. The maximum Gasteiger partial charge on any atom is 0.256 e. The molecule has 0 aliphatic heterocycles. The lowest BCUT2D eigenvalue weighted by Crippen LogP contribution is -2.12. The number of aromatic hydroxyl groups is 1. The van der Waals surface area contributed by atoms with Gasteiger partial charge in [-0.1, -0.05) is 24.3 Å². The van der Waals surface area contributed by atoms with Crippen molar-refractivity contribution >= 4 is 22.5 Å². The highest BCUT2D eigenvalue weighted by Crippen LogP contribution is 2.39. The van der Waals surface area contributed by atoms with Gasteiger partial charge in [-0.15, -0.1) is 0 Å². The quantitative estimate of drug-likeness (QED) is 0.692. The molecule has 2 unspecified atom stereocenters. The number of nitrogens with one attached hydrogen (secondary N) is 1. The molecule has 0 radical (unpaired) electrons. The summed E-state index contributed by atoms with van der Waals surface area (Å²) >= 11 is 0. The Kier molecular flexibility index (Phi) is 3.43. The van der Waals surface area contributed by atoms with Crippen LogP contribution in [0.15, 0.2) is 54.7 Å². The fraction of sp³-hybridized carbons (Fsp3) is 0.158. The standard InChI is InChI=1S/C19H17N3O2/c20-16-10-15(16)11-4-6-12(7-5-11)22-19(24)14-8-9-21-18-13(14)2-1-3-17(18)23/h1-9,15-16,23H,10,20H2,(H,22,24). The number of para-hydroxylation sites is 1. The van der Waals surface area contributed by atoms with Crippen molar-refractivity contribution in [1.29, 1.82) is 0 Å². The first kappa shape index (κ1) is 14.7. The summed E-state index contributed by atoms with van der Waals surface area (Å²) < 4.78 is 0. The number of nitrogens with zero attached hydrogens (tertiary/aromatic N) is 1. The Labute approximate surface area is 139 Å². The monoisotopic (exact) mass is 319 g/mol. The summed E-state index contributed by atoms with van der Waals surface area (Å²) in [4.78, 5) is 16.7. The average molecular weight is 319 g/mol. The first-order chi connectivity index (χ1) is 11.6. The van der Waals surface area contributed by atoms with Crippen LogP contribution < -0.4 is 11.1 Å². The fourth-order valence-corrected chi connectivity index (χ4v) is 2.97. The Morgan fingerprint density at radius 3 is 2.62 bits per heavy atom. The molecule has 1 aromatic heterocycles. The lowest BCUT2D eigenvalue weighted by atomic mass is 10.1. The maximum absolute atomic E-state index is 12.6. The molecule has 1 fully saturated rings. The highest BCUT2D eigenvalue weighted by molar-refractivity contribution is 6.12. The van der Waals surface area contributed by atoms with E-state index in [1.54, 1.807) is 24.3 Å². The number of hydrogen-bond acceptors (Lipinski definition) is 4. The topological polar surface area (TPSA) is 88.2 Å². The highest BCUT2D eigenvalue weighted by atomic mass is 16.3. The summed E-state index contributed by atoms with van der Waals surface area (Å²) in [6.45, 7) is 0. The molecule has 0 spiro atoms. The van der Waals surface area contributed by atoms with Crippen molar-refractivity contribution in [2.75, 3.05) is 5.32 Å². The van der Waals surface area contributed by atoms with E-state index in [1.165, 1.54) is 11.8 Å². The largest absolute Gasteiger partial charge is 0.506 e. The number of hydrogen-bond donors (Lipinski definition) is 3. The van der Waals surface area contributed by atoms with E-state index in [0.29, 0.717) is 22.4 Å². The van der Waals surface area contributed by atoms with Crippen LogP contribution in [0.5, 0.6) is 5.75 Å². The number of amides is 1. The summed E-state index contributed by atoms with van der Waals surface area (Å²) in [5, 5.41) is 13.4. The first-order valence-electron chi connectivity index (χ1n) is 7.87. The van der Waals surface area contributed by atoms with Crippen molar-refractivity contribution in [3.05, 3.63) is 65.9 Å². The molecule has 4 N–H and O–H groups in total. The van der Waals surface area contributed by atoms with E-state index in [0.717, 1.165) is 12.1 Å². The molecule has 4 rings (SSSR count). The Morgan fingerprint density at radius 1 is 1.17 bits per heavy atom. The predicted molar refractivity (Wildman–Crippen MR) is 93.1 cm³/mol. The number of pyridine rings is 1. The Bertz CT molecular complexity index is 922. The van der Waals surface area contributed by atoms with Gasteiger partial charge in [0.25, 0.3) is 5.91 Å². The third-order valence-corrected chi connectivity index (χ3v) is 4.43. The molecule has 1 saturated carbocycles. The molecular weight excluding hydrogens is 302 g/mol. The van der Waals surface area contributed by atoms with Crippen LogP contribution in [0.2, 0.25) is 0 Å². The number of anilines is 1. The van der Waals surface area contributed by atoms with Gasteiger partial charge in [0, 0.05) is 29.2 Å². The van der Waals surface area contributed by atoms with E-state index in [2.05, 4.69) is 10.3 Å². The average Bonchev–Trinajstić information content (AvgIpc) is 3.32. The van der Waals surface area contributed by atoms with Crippen molar-refractivity contribution in [2.24, 2.45) is 5.73 Å². The zero-order chi connectivity index (χ0) is 16.7.